The number of ether oxygens (including phenoxy) is 2. The predicted molar refractivity (Wildman–Crippen MR) is 113 cm³/mol. The van der Waals surface area contributed by atoms with Gasteiger partial charge in [0.25, 0.3) is 0 Å². The fraction of sp³-hybridized carbons (Fsp3) is 0.240. The van der Waals surface area contributed by atoms with Crippen molar-refractivity contribution in [3.8, 4) is 22.6 Å². The molecule has 0 unspecified atom stereocenters. The van der Waals surface area contributed by atoms with Crippen LogP contribution in [0.15, 0.2) is 48.5 Å². The second-order valence-electron chi connectivity index (χ2n) is 7.15. The van der Waals surface area contributed by atoms with Gasteiger partial charge in [0, 0.05) is 5.56 Å². The Morgan fingerprint density at radius 1 is 0.781 bits per heavy atom. The van der Waals surface area contributed by atoms with Crippen molar-refractivity contribution in [1.29, 1.82) is 0 Å². The van der Waals surface area contributed by atoms with Gasteiger partial charge in [-0.3, -0.25) is 0 Å². The van der Waals surface area contributed by atoms with E-state index in [0.29, 0.717) is 30.8 Å². The predicted octanol–water partition coefficient (Wildman–Crippen LogP) is 6.87. The van der Waals surface area contributed by atoms with Gasteiger partial charge in [-0.15, -0.1) is 0 Å². The second kappa shape index (κ2) is 10.3. The second-order valence-corrected chi connectivity index (χ2v) is 7.15. The van der Waals surface area contributed by atoms with E-state index in [0.717, 1.165) is 18.6 Å². The van der Waals surface area contributed by atoms with Gasteiger partial charge in [-0.25, -0.2) is 18.0 Å². The maximum absolute atomic E-state index is 14.7. The van der Waals surface area contributed by atoms with E-state index in [1.807, 2.05) is 6.92 Å². The molecule has 3 aromatic carbocycles. The topological polar surface area (TPSA) is 35.5 Å². The molecule has 168 valence electrons. The maximum Gasteiger partial charge on any atom is 0.346 e. The van der Waals surface area contributed by atoms with E-state index in [1.165, 1.54) is 12.1 Å². The van der Waals surface area contributed by atoms with Crippen LogP contribution in [0.3, 0.4) is 0 Å². The lowest BCUT2D eigenvalue weighted by molar-refractivity contribution is 0.0720. The highest BCUT2D eigenvalue weighted by atomic mass is 19.2. The van der Waals surface area contributed by atoms with Crippen LogP contribution in [0.2, 0.25) is 0 Å². The van der Waals surface area contributed by atoms with Crippen LogP contribution in [0.4, 0.5) is 17.6 Å². The molecule has 0 amide bonds. The molecule has 0 N–H and O–H groups in total. The molecule has 32 heavy (non-hydrogen) atoms. The van der Waals surface area contributed by atoms with Gasteiger partial charge in [0.15, 0.2) is 23.2 Å². The van der Waals surface area contributed by atoms with E-state index < -0.39 is 40.6 Å². The van der Waals surface area contributed by atoms with Crippen molar-refractivity contribution < 1.29 is 31.8 Å². The summed E-state index contributed by atoms with van der Waals surface area (Å²) < 4.78 is 67.8. The van der Waals surface area contributed by atoms with E-state index in [2.05, 4.69) is 0 Å². The molecule has 0 heterocycles. The number of benzene rings is 3. The van der Waals surface area contributed by atoms with Crippen LogP contribution in [0.25, 0.3) is 11.1 Å². The fourth-order valence-electron chi connectivity index (χ4n) is 3.15. The molecule has 3 aromatic rings. The van der Waals surface area contributed by atoms with Gasteiger partial charge in [0.05, 0.1) is 12.2 Å². The highest BCUT2D eigenvalue weighted by Gasteiger charge is 2.23. The SMILES string of the molecule is CCCOc1ccc(-c2ccc(C(=O)Oc3ccc(CCC)c(F)c3F)c(F)c2F)cc1. The molecule has 0 aliphatic carbocycles. The molecule has 0 aromatic heterocycles. The van der Waals surface area contributed by atoms with Crippen molar-refractivity contribution in [2.24, 2.45) is 0 Å². The van der Waals surface area contributed by atoms with Crippen molar-refractivity contribution in [2.45, 2.75) is 33.1 Å². The zero-order valence-electron chi connectivity index (χ0n) is 17.7. The van der Waals surface area contributed by atoms with Gasteiger partial charge < -0.3 is 9.47 Å². The van der Waals surface area contributed by atoms with Gasteiger partial charge in [0.2, 0.25) is 5.82 Å². The average molecular weight is 446 g/mol. The molecule has 3 rings (SSSR count). The van der Waals surface area contributed by atoms with Crippen molar-refractivity contribution in [3.05, 3.63) is 82.9 Å². The van der Waals surface area contributed by atoms with E-state index in [4.69, 9.17) is 9.47 Å². The molecule has 0 fully saturated rings. The zero-order valence-corrected chi connectivity index (χ0v) is 17.7. The van der Waals surface area contributed by atoms with Crippen molar-refractivity contribution in [2.75, 3.05) is 6.61 Å². The van der Waals surface area contributed by atoms with Crippen LogP contribution >= 0.6 is 0 Å². The Kier molecular flexibility index (Phi) is 7.51. The summed E-state index contributed by atoms with van der Waals surface area (Å²) in [6.07, 6.45) is 1.74. The summed E-state index contributed by atoms with van der Waals surface area (Å²) in [7, 11) is 0. The Labute approximate surface area is 183 Å². The first-order chi connectivity index (χ1) is 15.4. The number of carbonyl (C=O) groups excluding carboxylic acids is 1. The summed E-state index contributed by atoms with van der Waals surface area (Å²) in [5.74, 6) is -6.63. The molecule has 0 saturated heterocycles. The molecular formula is C25H22F4O3. The number of carbonyl (C=O) groups is 1. The van der Waals surface area contributed by atoms with Crippen LogP contribution in [-0.2, 0) is 6.42 Å². The molecule has 0 spiro atoms. The van der Waals surface area contributed by atoms with Crippen molar-refractivity contribution in [1.82, 2.24) is 0 Å². The van der Waals surface area contributed by atoms with Crippen LogP contribution in [0.1, 0.15) is 42.6 Å². The zero-order chi connectivity index (χ0) is 23.3. The molecule has 3 nitrogen and oxygen atoms in total. The number of esters is 1. The third kappa shape index (κ3) is 4.93. The monoisotopic (exact) mass is 446 g/mol. The molecule has 0 atom stereocenters. The highest BCUT2D eigenvalue weighted by Crippen LogP contribution is 2.29. The Morgan fingerprint density at radius 2 is 1.50 bits per heavy atom. The van der Waals surface area contributed by atoms with Crippen molar-refractivity contribution >= 4 is 5.97 Å². The molecule has 0 bridgehead atoms. The Morgan fingerprint density at radius 3 is 2.16 bits per heavy atom. The minimum atomic E-state index is -1.44. The van der Waals surface area contributed by atoms with Gasteiger partial charge in [0.1, 0.15) is 5.75 Å². The number of aryl methyl sites for hydroxylation is 1. The van der Waals surface area contributed by atoms with Crippen LogP contribution in [0.5, 0.6) is 11.5 Å². The smallest absolute Gasteiger partial charge is 0.346 e. The minimum absolute atomic E-state index is 0.0674. The lowest BCUT2D eigenvalue weighted by Crippen LogP contribution is -2.14. The third-order valence-electron chi connectivity index (χ3n) is 4.79. The summed E-state index contributed by atoms with van der Waals surface area (Å²) in [5.41, 5.74) is -0.281. The number of rotatable bonds is 8. The van der Waals surface area contributed by atoms with E-state index in [-0.39, 0.29) is 11.1 Å². The Balaban J connectivity index is 1.83. The summed E-state index contributed by atoms with van der Waals surface area (Å²) in [5, 5.41) is 0. The van der Waals surface area contributed by atoms with Gasteiger partial charge in [-0.2, -0.15) is 4.39 Å². The molecular weight excluding hydrogens is 424 g/mol. The number of hydrogen-bond acceptors (Lipinski definition) is 3. The molecule has 0 aliphatic rings. The number of halogens is 4. The molecule has 7 heteroatoms. The average Bonchev–Trinajstić information content (AvgIpc) is 2.79. The third-order valence-corrected chi connectivity index (χ3v) is 4.79. The Bertz CT molecular complexity index is 1110. The fourth-order valence-corrected chi connectivity index (χ4v) is 3.15. The normalized spacial score (nSPS) is 10.8. The molecule has 0 radical (unpaired) electrons. The van der Waals surface area contributed by atoms with Gasteiger partial charge >= 0.3 is 5.97 Å². The van der Waals surface area contributed by atoms with E-state index in [9.17, 15) is 22.4 Å². The number of hydrogen-bond donors (Lipinski definition) is 0. The summed E-state index contributed by atoms with van der Waals surface area (Å²) in [4.78, 5) is 12.3. The van der Waals surface area contributed by atoms with Crippen LogP contribution < -0.4 is 9.47 Å². The molecule has 0 aliphatic heterocycles. The first-order valence-corrected chi connectivity index (χ1v) is 10.3. The van der Waals surface area contributed by atoms with Crippen LogP contribution in [-0.4, -0.2) is 12.6 Å². The highest BCUT2D eigenvalue weighted by molar-refractivity contribution is 5.92. The lowest BCUT2D eigenvalue weighted by atomic mass is 10.0. The van der Waals surface area contributed by atoms with Crippen LogP contribution in [0, 0.1) is 23.3 Å². The minimum Gasteiger partial charge on any atom is -0.494 e. The summed E-state index contributed by atoms with van der Waals surface area (Å²) >= 11 is 0. The van der Waals surface area contributed by atoms with Gasteiger partial charge in [-0.1, -0.05) is 44.5 Å². The Hall–Kier alpha value is -3.35. The van der Waals surface area contributed by atoms with Crippen molar-refractivity contribution in [3.63, 3.8) is 0 Å². The van der Waals surface area contributed by atoms with E-state index >= 15 is 0 Å². The van der Waals surface area contributed by atoms with E-state index in [1.54, 1.807) is 31.2 Å². The van der Waals surface area contributed by atoms with Gasteiger partial charge in [-0.05, 0) is 48.2 Å². The standard InChI is InChI=1S/C25H22F4O3/c1-3-5-16-8-13-20(24(29)21(16)26)32-25(30)19-12-11-18(22(27)23(19)28)15-6-9-17(10-7-15)31-14-4-2/h6-13H,3-5,14H2,1-2H3. The molecule has 0 saturated carbocycles. The maximum atomic E-state index is 14.7. The first-order valence-electron chi connectivity index (χ1n) is 10.3. The summed E-state index contributed by atoms with van der Waals surface area (Å²) in [6, 6.07) is 11.0. The largest absolute Gasteiger partial charge is 0.494 e. The first kappa shape index (κ1) is 23.3. The quantitative estimate of drug-likeness (QED) is 0.215. The lowest BCUT2D eigenvalue weighted by Gasteiger charge is -2.11. The summed E-state index contributed by atoms with van der Waals surface area (Å²) in [6.45, 7) is 4.30.